The van der Waals surface area contributed by atoms with Crippen LogP contribution in [0.15, 0.2) is 77.8 Å². The van der Waals surface area contributed by atoms with Gasteiger partial charge in [0, 0.05) is 13.1 Å². The first-order valence-corrected chi connectivity index (χ1v) is 17.1. The number of guanidine groups is 1. The number of rotatable bonds is 10. The van der Waals surface area contributed by atoms with Gasteiger partial charge in [-0.1, -0.05) is 61.4 Å². The maximum absolute atomic E-state index is 14.8. The number of nitrogens with two attached hydrogens (primary N) is 1. The van der Waals surface area contributed by atoms with Crippen molar-refractivity contribution in [3.63, 3.8) is 0 Å². The van der Waals surface area contributed by atoms with E-state index in [2.05, 4.69) is 10.2 Å². The molecule has 1 aliphatic carbocycles. The van der Waals surface area contributed by atoms with Gasteiger partial charge >= 0.3 is 12.4 Å². The van der Waals surface area contributed by atoms with Crippen LogP contribution in [-0.4, -0.2) is 48.9 Å². The molecule has 7 rings (SSSR count). The summed E-state index contributed by atoms with van der Waals surface area (Å²) in [5.74, 6) is -3.38. The molecule has 1 unspecified atom stereocenters. The Labute approximate surface area is 299 Å². The quantitative estimate of drug-likeness (QED) is 0.176. The highest BCUT2D eigenvalue weighted by molar-refractivity contribution is 6.07. The number of hydrogen-bond donors (Lipinski definition) is 1. The molecule has 0 radical (unpaired) electrons. The number of carbonyl (C=O) groups is 2. The zero-order chi connectivity index (χ0) is 37.7. The van der Waals surface area contributed by atoms with Gasteiger partial charge in [-0.15, -0.1) is 10.2 Å². The number of hydrogen-bond acceptors (Lipinski definition) is 6. The van der Waals surface area contributed by atoms with Crippen LogP contribution in [0.2, 0.25) is 0 Å². The van der Waals surface area contributed by atoms with Crippen LogP contribution in [0.4, 0.5) is 30.7 Å². The second kappa shape index (κ2) is 13.6. The molecule has 2 amide bonds. The minimum atomic E-state index is -4.98. The summed E-state index contributed by atoms with van der Waals surface area (Å²) < 4.78 is 98.6. The summed E-state index contributed by atoms with van der Waals surface area (Å²) in [5.41, 5.74) is 4.52. The van der Waals surface area contributed by atoms with Crippen molar-refractivity contribution in [2.24, 2.45) is 16.6 Å². The highest BCUT2D eigenvalue weighted by Crippen LogP contribution is 2.46. The van der Waals surface area contributed by atoms with Crippen LogP contribution in [0.25, 0.3) is 0 Å². The normalized spacial score (nSPS) is 19.7. The lowest BCUT2D eigenvalue weighted by Gasteiger charge is -2.33. The zero-order valence-corrected chi connectivity index (χ0v) is 28.2. The fourth-order valence-corrected chi connectivity index (χ4v) is 7.24. The van der Waals surface area contributed by atoms with Gasteiger partial charge in [0.2, 0.25) is 5.82 Å². The van der Waals surface area contributed by atoms with Gasteiger partial charge in [-0.05, 0) is 72.6 Å². The van der Waals surface area contributed by atoms with E-state index in [1.807, 2.05) is 30.3 Å². The summed E-state index contributed by atoms with van der Waals surface area (Å²) in [7, 11) is 0. The maximum Gasteiger partial charge on any atom is 0.451 e. The molecule has 2 atom stereocenters. The van der Waals surface area contributed by atoms with Gasteiger partial charge in [-0.2, -0.15) is 26.3 Å². The standard InChI is InChI=1S/C37H34F7N7O2/c38-26-12-10-25(11-13-26)35(17-16-23-6-7-23)33(53)51(34(45)46-35)29(15-8-22-4-2-1-3-5-22)24-9-14-28(36(39,40)41)27(20-24)31(52)49-18-19-50-30(21-49)47-48-32(50)37(42,43)44/h1-5,9-14,20,23,29H,6-8,15-19,21H2,(H2,45,46)/t29?,35-/m1/s1. The Morgan fingerprint density at radius 1 is 0.925 bits per heavy atom. The molecule has 16 heteroatoms. The second-order valence-corrected chi connectivity index (χ2v) is 13.7. The fourth-order valence-electron chi connectivity index (χ4n) is 7.24. The molecule has 0 bridgehead atoms. The number of aliphatic imine (C=N–C) groups is 1. The lowest BCUT2D eigenvalue weighted by Crippen LogP contribution is -2.45. The second-order valence-electron chi connectivity index (χ2n) is 13.7. The van der Waals surface area contributed by atoms with Gasteiger partial charge in [0.15, 0.2) is 17.3 Å². The zero-order valence-electron chi connectivity index (χ0n) is 28.2. The minimum Gasteiger partial charge on any atom is -0.369 e. The van der Waals surface area contributed by atoms with E-state index in [1.54, 1.807) is 0 Å². The van der Waals surface area contributed by atoms with E-state index >= 15 is 0 Å². The van der Waals surface area contributed by atoms with Crippen LogP contribution in [0.5, 0.6) is 0 Å². The molecule has 2 aliphatic heterocycles. The summed E-state index contributed by atoms with van der Waals surface area (Å²) >= 11 is 0. The van der Waals surface area contributed by atoms with Crippen LogP contribution in [0.1, 0.15) is 82.4 Å². The topological polar surface area (TPSA) is 110 Å². The van der Waals surface area contributed by atoms with Crippen molar-refractivity contribution in [2.45, 2.75) is 75.5 Å². The summed E-state index contributed by atoms with van der Waals surface area (Å²) in [6, 6.07) is 16.6. The first-order chi connectivity index (χ1) is 25.2. The number of aromatic nitrogens is 3. The summed E-state index contributed by atoms with van der Waals surface area (Å²) in [6.45, 7) is -1.23. The van der Waals surface area contributed by atoms with Crippen LogP contribution >= 0.6 is 0 Å². The molecule has 1 fully saturated rings. The molecule has 1 saturated carbocycles. The van der Waals surface area contributed by atoms with Gasteiger partial charge in [-0.3, -0.25) is 14.5 Å². The number of alkyl halides is 6. The first-order valence-electron chi connectivity index (χ1n) is 17.1. The average molecular weight is 742 g/mol. The molecule has 0 spiro atoms. The van der Waals surface area contributed by atoms with Crippen molar-refractivity contribution in [2.75, 3.05) is 6.54 Å². The number of carbonyl (C=O) groups excluding carboxylic acids is 2. The van der Waals surface area contributed by atoms with Crippen LogP contribution in [-0.2, 0) is 42.2 Å². The summed E-state index contributed by atoms with van der Waals surface area (Å²) in [5, 5.41) is 6.73. The van der Waals surface area contributed by atoms with Gasteiger partial charge < -0.3 is 15.2 Å². The van der Waals surface area contributed by atoms with Crippen molar-refractivity contribution >= 4 is 17.8 Å². The Balaban J connectivity index is 1.28. The highest BCUT2D eigenvalue weighted by Gasteiger charge is 2.52. The number of nitrogens with zero attached hydrogens (tertiary/aromatic N) is 6. The van der Waals surface area contributed by atoms with Crippen LogP contribution in [0.3, 0.4) is 0 Å². The first kappa shape index (κ1) is 36.1. The number of halogens is 7. The lowest BCUT2D eigenvalue weighted by molar-refractivity contribution is -0.148. The smallest absolute Gasteiger partial charge is 0.369 e. The molecule has 3 heterocycles. The number of aryl methyl sites for hydroxylation is 1. The van der Waals surface area contributed by atoms with Crippen LogP contribution in [0, 0.1) is 11.7 Å². The summed E-state index contributed by atoms with van der Waals surface area (Å²) in [4.78, 5) is 35.7. The van der Waals surface area contributed by atoms with Gasteiger partial charge in [-0.25, -0.2) is 9.38 Å². The highest BCUT2D eigenvalue weighted by atomic mass is 19.4. The molecule has 2 N–H and O–H groups in total. The van der Waals surface area contributed by atoms with Crippen LogP contribution < -0.4 is 5.73 Å². The molecule has 3 aliphatic rings. The minimum absolute atomic E-state index is 0.167. The number of benzene rings is 3. The largest absolute Gasteiger partial charge is 0.451 e. The Morgan fingerprint density at radius 2 is 1.64 bits per heavy atom. The molecule has 3 aromatic carbocycles. The molecule has 9 nitrogen and oxygen atoms in total. The number of fused-ring (bicyclic) bond motifs is 1. The Hall–Kier alpha value is -5.28. The third-order valence-electron chi connectivity index (χ3n) is 10.2. The third-order valence-corrected chi connectivity index (χ3v) is 10.2. The molecular weight excluding hydrogens is 707 g/mol. The van der Waals surface area contributed by atoms with E-state index in [4.69, 9.17) is 10.7 Å². The SMILES string of the molecule is NC1=N[C@](CCC2CC2)(c2ccc(F)cc2)C(=O)N1C(CCc1ccccc1)c1ccc(C(F)(F)F)c(C(=O)N2CCn3c(nnc3C(F)(F)F)C2)c1. The van der Waals surface area contributed by atoms with E-state index in [0.717, 1.165) is 40.0 Å². The Bertz CT molecular complexity index is 2040. The van der Waals surface area contributed by atoms with Gasteiger partial charge in [0.05, 0.1) is 23.7 Å². The number of amides is 2. The summed E-state index contributed by atoms with van der Waals surface area (Å²) in [6.07, 6.45) is -6.34. The van der Waals surface area contributed by atoms with E-state index in [9.17, 15) is 40.3 Å². The van der Waals surface area contributed by atoms with E-state index in [-0.39, 0.29) is 43.3 Å². The van der Waals surface area contributed by atoms with E-state index in [1.165, 1.54) is 35.2 Å². The predicted octanol–water partition coefficient (Wildman–Crippen LogP) is 7.03. The molecular formula is C37H34F7N7O2. The van der Waals surface area contributed by atoms with Crippen molar-refractivity contribution < 1.29 is 40.3 Å². The monoisotopic (exact) mass is 741 g/mol. The van der Waals surface area contributed by atoms with Crippen molar-refractivity contribution in [1.82, 2.24) is 24.6 Å². The van der Waals surface area contributed by atoms with Gasteiger partial charge in [0.25, 0.3) is 11.8 Å². The lowest BCUT2D eigenvalue weighted by atomic mass is 9.83. The predicted molar refractivity (Wildman–Crippen MR) is 177 cm³/mol. The maximum atomic E-state index is 14.8. The fraction of sp³-hybridized carbons (Fsp3) is 0.378. The van der Waals surface area contributed by atoms with E-state index < -0.39 is 65.1 Å². The third kappa shape index (κ3) is 7.10. The van der Waals surface area contributed by atoms with Crippen molar-refractivity contribution in [1.29, 1.82) is 0 Å². The Kier molecular flexibility index (Phi) is 9.27. The molecule has 53 heavy (non-hydrogen) atoms. The molecule has 4 aromatic rings. The molecule has 278 valence electrons. The Morgan fingerprint density at radius 3 is 2.30 bits per heavy atom. The molecule has 0 saturated heterocycles. The van der Waals surface area contributed by atoms with Crippen molar-refractivity contribution in [3.05, 3.63) is 118 Å². The van der Waals surface area contributed by atoms with Crippen molar-refractivity contribution in [3.8, 4) is 0 Å². The molecule has 1 aromatic heterocycles. The van der Waals surface area contributed by atoms with Gasteiger partial charge in [0.1, 0.15) is 5.82 Å². The average Bonchev–Trinajstić information content (AvgIpc) is 3.79. The van der Waals surface area contributed by atoms with E-state index in [0.29, 0.717) is 24.3 Å².